The number of para-hydroxylation sites is 1. The van der Waals surface area contributed by atoms with Crippen molar-refractivity contribution in [2.75, 3.05) is 4.90 Å². The molecule has 3 heteroatoms. The van der Waals surface area contributed by atoms with Gasteiger partial charge in [0.2, 0.25) is 0 Å². The van der Waals surface area contributed by atoms with Crippen molar-refractivity contribution in [1.82, 2.24) is 4.48 Å². The van der Waals surface area contributed by atoms with Crippen LogP contribution in [0.15, 0.2) is 151 Å². The molecule has 0 bridgehead atoms. The lowest BCUT2D eigenvalue weighted by molar-refractivity contribution is 0.331. The Kier molecular flexibility index (Phi) is 7.91. The monoisotopic (exact) mass is 892 g/mol. The molecule has 2 nitrogen and oxygen atoms in total. The van der Waals surface area contributed by atoms with Gasteiger partial charge in [-0.3, -0.25) is 0 Å². The molecule has 3 aliphatic carbocycles. The van der Waals surface area contributed by atoms with Gasteiger partial charge in [-0.25, -0.2) is 0 Å². The summed E-state index contributed by atoms with van der Waals surface area (Å²) in [4.78, 5) is 2.84. The number of aromatic nitrogens is 1. The smallest absolute Gasteiger partial charge is 0.329 e. The highest BCUT2D eigenvalue weighted by Gasteiger charge is 2.56. The maximum absolute atomic E-state index is 2.84. The molecular formula is C66H61BN2. The summed E-state index contributed by atoms with van der Waals surface area (Å²) in [5.41, 5.74) is 27.1. The van der Waals surface area contributed by atoms with E-state index in [1.54, 1.807) is 0 Å². The predicted octanol–water partition coefficient (Wildman–Crippen LogP) is 16.7. The summed E-state index contributed by atoms with van der Waals surface area (Å²) in [6, 6.07) is 57.2. The number of fused-ring (bicyclic) bond motifs is 14. The van der Waals surface area contributed by atoms with Crippen molar-refractivity contribution in [3.8, 4) is 33.4 Å². The first-order valence-corrected chi connectivity index (χ1v) is 25.6. The predicted molar refractivity (Wildman–Crippen MR) is 295 cm³/mol. The zero-order valence-electron chi connectivity index (χ0n) is 42.2. The molecule has 5 aliphatic rings. The lowest BCUT2D eigenvalue weighted by atomic mass is 9.40. The van der Waals surface area contributed by atoms with E-state index in [0.717, 1.165) is 0 Å². The maximum atomic E-state index is 2.84. The Morgan fingerprint density at radius 3 is 1.88 bits per heavy atom. The summed E-state index contributed by atoms with van der Waals surface area (Å²) in [6.07, 6.45) is 2.35. The Balaban J connectivity index is 1.22. The average Bonchev–Trinajstić information content (AvgIpc) is 3.87. The average molecular weight is 893 g/mol. The summed E-state index contributed by atoms with van der Waals surface area (Å²) in [5, 5.41) is 5.24. The van der Waals surface area contributed by atoms with Crippen LogP contribution in [0.4, 0.5) is 11.4 Å². The number of benzene rings is 8. The topological polar surface area (TPSA) is 8.17 Å². The molecule has 0 atom stereocenters. The molecule has 9 aromatic rings. The van der Waals surface area contributed by atoms with E-state index in [-0.39, 0.29) is 33.9 Å². The first kappa shape index (κ1) is 41.4. The number of hydrogen-bond donors (Lipinski definition) is 0. The zero-order valence-corrected chi connectivity index (χ0v) is 42.2. The second kappa shape index (κ2) is 13.2. The molecule has 0 unspecified atom stereocenters. The van der Waals surface area contributed by atoms with E-state index in [0.29, 0.717) is 0 Å². The fraction of sp³-hybridized carbons (Fsp3) is 0.273. The summed E-state index contributed by atoms with van der Waals surface area (Å²) in [7, 11) is 0. The third-order valence-corrected chi connectivity index (χ3v) is 18.2. The summed E-state index contributed by atoms with van der Waals surface area (Å²) >= 11 is 0. The van der Waals surface area contributed by atoms with Gasteiger partial charge in [0.15, 0.2) is 0 Å². The Morgan fingerprint density at radius 2 is 1.14 bits per heavy atom. The van der Waals surface area contributed by atoms with Gasteiger partial charge in [-0.1, -0.05) is 185 Å². The Labute approximate surface area is 408 Å². The Morgan fingerprint density at radius 1 is 0.493 bits per heavy atom. The van der Waals surface area contributed by atoms with Crippen LogP contribution in [0, 0.1) is 0 Å². The van der Waals surface area contributed by atoms with Gasteiger partial charge in [0.25, 0.3) is 0 Å². The molecule has 0 amide bonds. The molecule has 3 heterocycles. The normalized spacial score (nSPS) is 18.3. The molecule has 0 N–H and O–H groups in total. The van der Waals surface area contributed by atoms with Crippen LogP contribution in [-0.2, 0) is 27.1 Å². The van der Waals surface area contributed by atoms with Crippen molar-refractivity contribution in [1.29, 1.82) is 0 Å². The van der Waals surface area contributed by atoms with Gasteiger partial charge in [0.1, 0.15) is 0 Å². The number of anilines is 2. The quantitative estimate of drug-likeness (QED) is 0.157. The molecule has 8 aromatic carbocycles. The van der Waals surface area contributed by atoms with E-state index in [2.05, 4.69) is 231 Å². The molecule has 14 rings (SSSR count). The lowest BCUT2D eigenvalue weighted by Gasteiger charge is -2.45. The van der Waals surface area contributed by atoms with Crippen molar-refractivity contribution < 1.29 is 0 Å². The molecule has 1 aromatic heterocycles. The minimum atomic E-state index is -0.324. The second-order valence-electron chi connectivity index (χ2n) is 24.8. The number of allylic oxidation sites excluding steroid dienone is 1. The third kappa shape index (κ3) is 5.24. The largest absolute Gasteiger partial charge is 0.376 e. The molecular weight excluding hydrogens is 832 g/mol. The van der Waals surface area contributed by atoms with Gasteiger partial charge < -0.3 is 9.38 Å². The first-order valence-electron chi connectivity index (χ1n) is 25.6. The molecule has 0 saturated heterocycles. The van der Waals surface area contributed by atoms with Crippen molar-refractivity contribution in [2.45, 2.75) is 116 Å². The van der Waals surface area contributed by atoms with E-state index < -0.39 is 0 Å². The highest BCUT2D eigenvalue weighted by Crippen LogP contribution is 2.63. The molecule has 69 heavy (non-hydrogen) atoms. The van der Waals surface area contributed by atoms with Gasteiger partial charge >= 0.3 is 6.85 Å². The van der Waals surface area contributed by atoms with Gasteiger partial charge in [-0.2, -0.15) is 0 Å². The molecule has 2 aliphatic heterocycles. The summed E-state index contributed by atoms with van der Waals surface area (Å²) < 4.78 is 2.82. The maximum Gasteiger partial charge on any atom is 0.329 e. The Bertz CT molecular complexity index is 3830. The van der Waals surface area contributed by atoms with Crippen LogP contribution in [0.3, 0.4) is 0 Å². The van der Waals surface area contributed by atoms with Crippen LogP contribution in [0.2, 0.25) is 0 Å². The highest BCUT2D eigenvalue weighted by molar-refractivity contribution is 6.86. The second-order valence-corrected chi connectivity index (χ2v) is 24.8. The summed E-state index contributed by atoms with van der Waals surface area (Å²) in [6.45, 7) is 27.1. The molecule has 0 spiro atoms. The van der Waals surface area contributed by atoms with Crippen LogP contribution in [-0.4, -0.2) is 11.3 Å². The van der Waals surface area contributed by atoms with Crippen LogP contribution in [0.1, 0.15) is 128 Å². The zero-order chi connectivity index (χ0) is 47.5. The van der Waals surface area contributed by atoms with E-state index >= 15 is 0 Å². The number of hydrogen-bond acceptors (Lipinski definition) is 1. The van der Waals surface area contributed by atoms with Gasteiger partial charge in [-0.05, 0) is 137 Å². The van der Waals surface area contributed by atoms with Crippen molar-refractivity contribution in [3.05, 3.63) is 190 Å². The number of rotatable bonds is 2. The lowest BCUT2D eigenvalue weighted by Crippen LogP contribution is -2.53. The van der Waals surface area contributed by atoms with Gasteiger partial charge in [-0.15, -0.1) is 0 Å². The summed E-state index contributed by atoms with van der Waals surface area (Å²) in [5.74, 6) is 0. The van der Waals surface area contributed by atoms with Gasteiger partial charge in [0.05, 0.1) is 11.4 Å². The van der Waals surface area contributed by atoms with Crippen LogP contribution < -0.4 is 10.4 Å². The molecule has 0 radical (unpaired) electrons. The van der Waals surface area contributed by atoms with Crippen LogP contribution >= 0.6 is 0 Å². The standard InChI is InChI=1S/C66H61BN2/c1-62(2,3)41-28-29-54(45(34-41)38-20-13-12-14-21-38)68-59-48-36-51-52(64(6,7)31-30-63(51,4)5)37-50(48)66(10,11)61(59)67-57-47(35-53-56(60(57)68)44-24-17-18-27-49(44)65(53,8)9)43-26-19-25-42-46-32-39-22-15-16-23-40(39)33-55(46)69(67)58(42)43/h12-29,32-37H,30-31H2,1-11H3. The van der Waals surface area contributed by atoms with E-state index in [4.69, 9.17) is 0 Å². The third-order valence-electron chi connectivity index (χ3n) is 18.2. The van der Waals surface area contributed by atoms with E-state index in [1.807, 2.05) is 0 Å². The van der Waals surface area contributed by atoms with Crippen LogP contribution in [0.25, 0.3) is 71.7 Å². The molecule has 0 saturated carbocycles. The SMILES string of the molecule is CC(C)(C)c1ccc(N2C3=C(B4c5c(cc6c(c52)-c2ccccc2C6(C)C)-c2cccc5c6cc7ccccc7cc6n4c25)C(C)(C)c2cc4c(cc23)C(C)(C)CCC4(C)C)c(-c2ccccc2)c1. The highest BCUT2D eigenvalue weighted by atomic mass is 15.2. The van der Waals surface area contributed by atoms with E-state index in [1.165, 1.54) is 146 Å². The minimum absolute atomic E-state index is 0.0380. The fourth-order valence-corrected chi connectivity index (χ4v) is 14.3. The van der Waals surface area contributed by atoms with E-state index in [9.17, 15) is 0 Å². The fourth-order valence-electron chi connectivity index (χ4n) is 14.3. The minimum Gasteiger partial charge on any atom is -0.376 e. The molecule has 338 valence electrons. The number of nitrogens with zero attached hydrogens (tertiary/aromatic N) is 2. The van der Waals surface area contributed by atoms with Crippen molar-refractivity contribution in [3.63, 3.8) is 0 Å². The molecule has 0 fully saturated rings. The first-order chi connectivity index (χ1) is 32.9. The van der Waals surface area contributed by atoms with Crippen molar-refractivity contribution >= 4 is 62.0 Å². The van der Waals surface area contributed by atoms with Gasteiger partial charge in [0, 0.05) is 60.6 Å². The Hall–Kier alpha value is -6.58. The van der Waals surface area contributed by atoms with Crippen molar-refractivity contribution in [2.24, 2.45) is 0 Å². The van der Waals surface area contributed by atoms with Crippen LogP contribution in [0.5, 0.6) is 0 Å².